The Bertz CT molecular complexity index is 610. The van der Waals surface area contributed by atoms with Gasteiger partial charge in [0.25, 0.3) is 5.91 Å². The summed E-state index contributed by atoms with van der Waals surface area (Å²) in [5, 5.41) is 2.95. The summed E-state index contributed by atoms with van der Waals surface area (Å²) in [7, 11) is -2.12. The van der Waals surface area contributed by atoms with Gasteiger partial charge in [-0.2, -0.15) is 0 Å². The number of amides is 1. The van der Waals surface area contributed by atoms with Crippen molar-refractivity contribution in [3.05, 3.63) is 29.8 Å². The average molecular weight is 326 g/mol. The third kappa shape index (κ3) is 4.53. The Hall–Kier alpha value is -1.44. The van der Waals surface area contributed by atoms with E-state index in [1.807, 2.05) is 0 Å². The van der Waals surface area contributed by atoms with Crippen LogP contribution in [0, 0.1) is 0 Å². The lowest BCUT2D eigenvalue weighted by atomic mass is 10.2. The minimum Gasteiger partial charge on any atom is -0.383 e. The first kappa shape index (κ1) is 16.9. The first-order valence-electron chi connectivity index (χ1n) is 7.42. The van der Waals surface area contributed by atoms with Gasteiger partial charge < -0.3 is 10.1 Å². The maximum atomic E-state index is 12.2. The molecule has 0 bridgehead atoms. The van der Waals surface area contributed by atoms with Gasteiger partial charge in [-0.25, -0.2) is 13.1 Å². The van der Waals surface area contributed by atoms with Gasteiger partial charge in [0.15, 0.2) is 0 Å². The molecule has 1 saturated carbocycles. The summed E-state index contributed by atoms with van der Waals surface area (Å²) in [6.45, 7) is 0.485. The van der Waals surface area contributed by atoms with E-state index in [1.54, 1.807) is 12.1 Å². The number of nitrogens with one attached hydrogen (secondary N) is 2. The molecule has 2 N–H and O–H groups in total. The van der Waals surface area contributed by atoms with E-state index in [1.165, 1.54) is 19.2 Å². The number of carbonyl (C=O) groups excluding carboxylic acids is 1. The molecule has 0 saturated heterocycles. The van der Waals surface area contributed by atoms with Crippen molar-refractivity contribution in [2.24, 2.45) is 0 Å². The van der Waals surface area contributed by atoms with Crippen LogP contribution in [-0.4, -0.2) is 40.6 Å². The van der Waals surface area contributed by atoms with E-state index in [4.69, 9.17) is 4.74 Å². The fourth-order valence-electron chi connectivity index (χ4n) is 2.50. The highest BCUT2D eigenvalue weighted by Crippen LogP contribution is 2.18. The van der Waals surface area contributed by atoms with Gasteiger partial charge in [-0.15, -0.1) is 0 Å². The number of rotatable bonds is 7. The van der Waals surface area contributed by atoms with E-state index in [9.17, 15) is 13.2 Å². The Morgan fingerprint density at radius 3 is 2.73 bits per heavy atom. The van der Waals surface area contributed by atoms with Crippen LogP contribution < -0.4 is 10.0 Å². The predicted molar refractivity (Wildman–Crippen MR) is 83.2 cm³/mol. The molecule has 1 aliphatic carbocycles. The molecule has 0 spiro atoms. The lowest BCUT2D eigenvalue weighted by Gasteiger charge is -2.12. The van der Waals surface area contributed by atoms with Crippen LogP contribution in [0.3, 0.4) is 0 Å². The fourth-order valence-corrected chi connectivity index (χ4v) is 3.56. The van der Waals surface area contributed by atoms with Crippen molar-refractivity contribution in [1.82, 2.24) is 10.0 Å². The summed E-state index contributed by atoms with van der Waals surface area (Å²) in [4.78, 5) is 12.3. The highest BCUT2D eigenvalue weighted by molar-refractivity contribution is 7.89. The fraction of sp³-hybridized carbons (Fsp3) is 0.533. The van der Waals surface area contributed by atoms with Gasteiger partial charge in [-0.05, 0) is 31.0 Å². The molecule has 1 aromatic carbocycles. The van der Waals surface area contributed by atoms with Crippen molar-refractivity contribution in [2.75, 3.05) is 20.3 Å². The second kappa shape index (κ2) is 7.71. The number of carbonyl (C=O) groups is 1. The predicted octanol–water partition coefficient (Wildman–Crippen LogP) is 1.28. The highest BCUT2D eigenvalue weighted by atomic mass is 32.2. The van der Waals surface area contributed by atoms with Gasteiger partial charge in [0.05, 0.1) is 11.5 Å². The van der Waals surface area contributed by atoms with Gasteiger partial charge in [-0.3, -0.25) is 4.79 Å². The van der Waals surface area contributed by atoms with Crippen LogP contribution in [0.15, 0.2) is 29.2 Å². The maximum Gasteiger partial charge on any atom is 0.251 e. The zero-order valence-electron chi connectivity index (χ0n) is 12.7. The van der Waals surface area contributed by atoms with Crippen molar-refractivity contribution < 1.29 is 17.9 Å². The second-order valence-corrected chi connectivity index (χ2v) is 7.14. The Kier molecular flexibility index (Phi) is 5.93. The SMILES string of the molecule is COCCNS(=O)(=O)c1cccc(C(=O)NC2CCCC2)c1. The van der Waals surface area contributed by atoms with Gasteiger partial charge in [0.2, 0.25) is 10.0 Å². The highest BCUT2D eigenvalue weighted by Gasteiger charge is 2.20. The number of sulfonamides is 1. The van der Waals surface area contributed by atoms with E-state index < -0.39 is 10.0 Å². The molecule has 1 fully saturated rings. The largest absolute Gasteiger partial charge is 0.383 e. The average Bonchev–Trinajstić information content (AvgIpc) is 3.00. The Balaban J connectivity index is 2.06. The summed E-state index contributed by atoms with van der Waals surface area (Å²) in [6.07, 6.45) is 4.23. The van der Waals surface area contributed by atoms with Gasteiger partial charge in [0.1, 0.15) is 0 Å². The van der Waals surface area contributed by atoms with Crippen LogP contribution in [0.1, 0.15) is 36.0 Å². The zero-order chi connectivity index (χ0) is 16.0. The summed E-state index contributed by atoms with van der Waals surface area (Å²) in [5.74, 6) is -0.221. The lowest BCUT2D eigenvalue weighted by molar-refractivity contribution is 0.0937. The standard InChI is InChI=1S/C15H22N2O4S/c1-21-10-9-16-22(19,20)14-8-4-5-12(11-14)15(18)17-13-6-2-3-7-13/h4-5,8,11,13,16H,2-3,6-7,9-10H2,1H3,(H,17,18). The molecule has 0 unspecified atom stereocenters. The number of hydrogen-bond donors (Lipinski definition) is 2. The van der Waals surface area contributed by atoms with E-state index in [-0.39, 0.29) is 23.4 Å². The number of hydrogen-bond acceptors (Lipinski definition) is 4. The molecule has 1 amide bonds. The van der Waals surface area contributed by atoms with Crippen LogP contribution in [-0.2, 0) is 14.8 Å². The molecule has 7 heteroatoms. The molecule has 122 valence electrons. The smallest absolute Gasteiger partial charge is 0.251 e. The molecule has 2 rings (SSSR count). The molecule has 0 atom stereocenters. The molecule has 0 aromatic heterocycles. The van der Waals surface area contributed by atoms with Crippen LogP contribution in [0.25, 0.3) is 0 Å². The molecule has 1 aliphatic rings. The molecule has 0 heterocycles. The van der Waals surface area contributed by atoms with Crippen LogP contribution in [0.5, 0.6) is 0 Å². The molecular weight excluding hydrogens is 304 g/mol. The van der Waals surface area contributed by atoms with Crippen molar-refractivity contribution in [3.8, 4) is 0 Å². The molecule has 1 aromatic rings. The number of ether oxygens (including phenoxy) is 1. The molecule has 0 aliphatic heterocycles. The topological polar surface area (TPSA) is 84.5 Å². The van der Waals surface area contributed by atoms with Crippen molar-refractivity contribution >= 4 is 15.9 Å². The zero-order valence-corrected chi connectivity index (χ0v) is 13.5. The lowest BCUT2D eigenvalue weighted by Crippen LogP contribution is -2.33. The summed E-state index contributed by atoms with van der Waals surface area (Å²) in [6, 6.07) is 6.28. The Labute approximate surface area is 131 Å². The second-order valence-electron chi connectivity index (χ2n) is 5.37. The Morgan fingerprint density at radius 1 is 1.32 bits per heavy atom. The number of methoxy groups -OCH3 is 1. The van der Waals surface area contributed by atoms with E-state index in [0.717, 1.165) is 25.7 Å². The molecule has 6 nitrogen and oxygen atoms in total. The molecular formula is C15H22N2O4S. The van der Waals surface area contributed by atoms with Gasteiger partial charge in [-0.1, -0.05) is 18.9 Å². The minimum absolute atomic E-state index is 0.0858. The third-order valence-electron chi connectivity index (χ3n) is 3.70. The molecule has 0 radical (unpaired) electrons. The van der Waals surface area contributed by atoms with Crippen molar-refractivity contribution in [1.29, 1.82) is 0 Å². The summed E-state index contributed by atoms with van der Waals surface area (Å²) >= 11 is 0. The molecule has 22 heavy (non-hydrogen) atoms. The van der Waals surface area contributed by atoms with Crippen LogP contribution >= 0.6 is 0 Å². The maximum absolute atomic E-state index is 12.2. The third-order valence-corrected chi connectivity index (χ3v) is 5.15. The normalized spacial score (nSPS) is 15.9. The Morgan fingerprint density at radius 2 is 2.05 bits per heavy atom. The van der Waals surface area contributed by atoms with Crippen molar-refractivity contribution in [3.63, 3.8) is 0 Å². The quantitative estimate of drug-likeness (QED) is 0.739. The first-order valence-corrected chi connectivity index (χ1v) is 8.91. The van der Waals surface area contributed by atoms with E-state index >= 15 is 0 Å². The first-order chi connectivity index (χ1) is 10.5. The van der Waals surface area contributed by atoms with Crippen LogP contribution in [0.4, 0.5) is 0 Å². The number of benzene rings is 1. The summed E-state index contributed by atoms with van der Waals surface area (Å²) < 4.78 is 31.5. The van der Waals surface area contributed by atoms with Gasteiger partial charge >= 0.3 is 0 Å². The minimum atomic E-state index is -3.63. The van der Waals surface area contributed by atoms with E-state index in [0.29, 0.717) is 12.2 Å². The summed E-state index contributed by atoms with van der Waals surface area (Å²) in [5.41, 5.74) is 0.363. The monoisotopic (exact) mass is 326 g/mol. The van der Waals surface area contributed by atoms with Crippen LogP contribution in [0.2, 0.25) is 0 Å². The van der Waals surface area contributed by atoms with E-state index in [2.05, 4.69) is 10.0 Å². The van der Waals surface area contributed by atoms with Gasteiger partial charge in [0, 0.05) is 25.3 Å². The van der Waals surface area contributed by atoms with Crippen molar-refractivity contribution in [2.45, 2.75) is 36.6 Å².